The summed E-state index contributed by atoms with van der Waals surface area (Å²) in [5.74, 6) is 0. The number of hydrogen-bond donors (Lipinski definition) is 0. The van der Waals surface area contributed by atoms with E-state index in [4.69, 9.17) is 0 Å². The molecular formula is C8H14F3N3O. The van der Waals surface area contributed by atoms with Crippen molar-refractivity contribution in [3.05, 3.63) is 0 Å². The van der Waals surface area contributed by atoms with Crippen LogP contribution in [0.2, 0.25) is 0 Å². The number of halogens is 3. The highest BCUT2D eigenvalue weighted by atomic mass is 19.4. The molecule has 0 aromatic heterocycles. The smallest absolute Gasteiger partial charge is 0.292 e. The van der Waals surface area contributed by atoms with Gasteiger partial charge in [-0.25, -0.2) is 5.01 Å². The Morgan fingerprint density at radius 2 is 1.80 bits per heavy atom. The average Bonchev–Trinajstić information content (AvgIpc) is 2.15. The van der Waals surface area contributed by atoms with Crippen molar-refractivity contribution >= 4 is 6.41 Å². The fourth-order valence-corrected chi connectivity index (χ4v) is 1.53. The second kappa shape index (κ2) is 4.80. The maximum Gasteiger partial charge on any atom is 0.401 e. The first kappa shape index (κ1) is 12.3. The van der Waals surface area contributed by atoms with Gasteiger partial charge in [-0.05, 0) is 0 Å². The highest BCUT2D eigenvalue weighted by molar-refractivity contribution is 5.45. The molecule has 1 rings (SSSR count). The molecule has 0 spiro atoms. The zero-order valence-electron chi connectivity index (χ0n) is 8.50. The van der Waals surface area contributed by atoms with Gasteiger partial charge >= 0.3 is 6.18 Å². The molecule has 0 aliphatic carbocycles. The van der Waals surface area contributed by atoms with E-state index in [9.17, 15) is 18.0 Å². The summed E-state index contributed by atoms with van der Waals surface area (Å²) in [6, 6.07) is 0. The second-order valence-corrected chi connectivity index (χ2v) is 3.52. The predicted molar refractivity (Wildman–Crippen MR) is 47.9 cm³/mol. The van der Waals surface area contributed by atoms with Crippen LogP contribution < -0.4 is 0 Å². The van der Waals surface area contributed by atoms with Gasteiger partial charge in [0.05, 0.1) is 6.54 Å². The summed E-state index contributed by atoms with van der Waals surface area (Å²) >= 11 is 0. The minimum Gasteiger partial charge on any atom is -0.292 e. The normalized spacial score (nSPS) is 20.3. The highest BCUT2D eigenvalue weighted by Crippen LogP contribution is 2.17. The van der Waals surface area contributed by atoms with Gasteiger partial charge in [0.2, 0.25) is 6.41 Å². The molecule has 0 unspecified atom stereocenters. The van der Waals surface area contributed by atoms with Gasteiger partial charge < -0.3 is 0 Å². The topological polar surface area (TPSA) is 26.8 Å². The molecule has 7 heteroatoms. The Hall–Kier alpha value is -0.820. The first-order chi connectivity index (χ1) is 6.92. The molecule has 0 aromatic rings. The third kappa shape index (κ3) is 4.05. The number of amides is 1. The molecule has 1 amide bonds. The lowest BCUT2D eigenvalue weighted by atomic mass is 10.3. The maximum atomic E-state index is 12.0. The lowest BCUT2D eigenvalue weighted by molar-refractivity contribution is -0.157. The van der Waals surface area contributed by atoms with Gasteiger partial charge in [-0.2, -0.15) is 13.2 Å². The van der Waals surface area contributed by atoms with E-state index in [0.29, 0.717) is 32.6 Å². The van der Waals surface area contributed by atoms with Gasteiger partial charge in [0.25, 0.3) is 0 Å². The van der Waals surface area contributed by atoms with Gasteiger partial charge in [0.15, 0.2) is 0 Å². The van der Waals surface area contributed by atoms with Crippen molar-refractivity contribution in [1.82, 2.24) is 14.9 Å². The van der Waals surface area contributed by atoms with Crippen molar-refractivity contribution in [1.29, 1.82) is 0 Å². The molecule has 0 atom stereocenters. The van der Waals surface area contributed by atoms with Crippen LogP contribution in [0.5, 0.6) is 0 Å². The van der Waals surface area contributed by atoms with E-state index in [1.165, 1.54) is 9.91 Å². The van der Waals surface area contributed by atoms with Crippen molar-refractivity contribution in [2.45, 2.75) is 6.18 Å². The Balaban J connectivity index is 2.33. The number of hydrogen-bond acceptors (Lipinski definition) is 3. The van der Waals surface area contributed by atoms with E-state index in [1.807, 2.05) is 0 Å². The molecule has 15 heavy (non-hydrogen) atoms. The molecule has 88 valence electrons. The van der Waals surface area contributed by atoms with E-state index >= 15 is 0 Å². The molecule has 0 saturated carbocycles. The van der Waals surface area contributed by atoms with E-state index in [0.717, 1.165) is 0 Å². The standard InChI is InChI=1S/C8H14F3N3O/c1-12(7-15)14-4-2-13(3-5-14)6-8(9,10)11/h7H,2-6H2,1H3. The zero-order valence-corrected chi connectivity index (χ0v) is 8.50. The molecule has 0 aromatic carbocycles. The highest BCUT2D eigenvalue weighted by Gasteiger charge is 2.32. The molecule has 1 heterocycles. The van der Waals surface area contributed by atoms with Crippen molar-refractivity contribution in [3.63, 3.8) is 0 Å². The molecule has 0 radical (unpaired) electrons. The van der Waals surface area contributed by atoms with Crippen LogP contribution in [-0.4, -0.2) is 67.3 Å². The van der Waals surface area contributed by atoms with Crippen LogP contribution in [0.1, 0.15) is 0 Å². The van der Waals surface area contributed by atoms with Crippen molar-refractivity contribution < 1.29 is 18.0 Å². The Morgan fingerprint density at radius 1 is 1.27 bits per heavy atom. The molecule has 0 bridgehead atoms. The van der Waals surface area contributed by atoms with Gasteiger partial charge in [0.1, 0.15) is 0 Å². The number of alkyl halides is 3. The van der Waals surface area contributed by atoms with Crippen LogP contribution in [0.3, 0.4) is 0 Å². The van der Waals surface area contributed by atoms with Gasteiger partial charge in [-0.3, -0.25) is 14.7 Å². The third-order valence-electron chi connectivity index (χ3n) is 2.35. The quantitative estimate of drug-likeness (QED) is 0.641. The van der Waals surface area contributed by atoms with Crippen LogP contribution in [0.15, 0.2) is 0 Å². The molecule has 1 fully saturated rings. The fourth-order valence-electron chi connectivity index (χ4n) is 1.53. The Bertz CT molecular complexity index is 214. The average molecular weight is 225 g/mol. The summed E-state index contributed by atoms with van der Waals surface area (Å²) in [4.78, 5) is 11.7. The zero-order chi connectivity index (χ0) is 11.5. The molecule has 4 nitrogen and oxygen atoms in total. The summed E-state index contributed by atoms with van der Waals surface area (Å²) in [6.45, 7) is 0.692. The van der Waals surface area contributed by atoms with E-state index in [-0.39, 0.29) is 0 Å². The lowest BCUT2D eigenvalue weighted by Gasteiger charge is -2.37. The van der Waals surface area contributed by atoms with E-state index in [2.05, 4.69) is 0 Å². The maximum absolute atomic E-state index is 12.0. The third-order valence-corrected chi connectivity index (χ3v) is 2.35. The first-order valence-electron chi connectivity index (χ1n) is 4.64. The number of carbonyl (C=O) groups excluding carboxylic acids is 1. The summed E-state index contributed by atoms with van der Waals surface area (Å²) in [7, 11) is 1.59. The Labute approximate surface area is 86.2 Å². The monoisotopic (exact) mass is 225 g/mol. The van der Waals surface area contributed by atoms with Crippen molar-refractivity contribution in [2.75, 3.05) is 39.8 Å². The van der Waals surface area contributed by atoms with Gasteiger partial charge in [0, 0.05) is 33.2 Å². The number of hydrazine groups is 1. The SMILES string of the molecule is CN(C=O)N1CCN(CC(F)(F)F)CC1. The second-order valence-electron chi connectivity index (χ2n) is 3.52. The van der Waals surface area contributed by atoms with Crippen molar-refractivity contribution in [2.24, 2.45) is 0 Å². The minimum atomic E-state index is -4.14. The fraction of sp³-hybridized carbons (Fsp3) is 0.875. The van der Waals surface area contributed by atoms with Crippen LogP contribution in [0.25, 0.3) is 0 Å². The molecule has 0 N–H and O–H groups in total. The Kier molecular flexibility index (Phi) is 3.92. The first-order valence-corrected chi connectivity index (χ1v) is 4.64. The summed E-state index contributed by atoms with van der Waals surface area (Å²) < 4.78 is 36.1. The van der Waals surface area contributed by atoms with Crippen LogP contribution in [0.4, 0.5) is 13.2 Å². The number of nitrogens with zero attached hydrogens (tertiary/aromatic N) is 3. The summed E-state index contributed by atoms with van der Waals surface area (Å²) in [5.41, 5.74) is 0. The minimum absolute atomic E-state index is 0.331. The van der Waals surface area contributed by atoms with Gasteiger partial charge in [-0.1, -0.05) is 0 Å². The van der Waals surface area contributed by atoms with Crippen molar-refractivity contribution in [3.8, 4) is 0 Å². The molecular weight excluding hydrogens is 211 g/mol. The van der Waals surface area contributed by atoms with Crippen LogP contribution >= 0.6 is 0 Å². The predicted octanol–water partition coefficient (Wildman–Crippen LogP) is 0.169. The molecule has 1 saturated heterocycles. The molecule has 1 aliphatic heterocycles. The van der Waals surface area contributed by atoms with Crippen LogP contribution in [-0.2, 0) is 4.79 Å². The van der Waals surface area contributed by atoms with Gasteiger partial charge in [-0.15, -0.1) is 0 Å². The number of carbonyl (C=O) groups is 1. The van der Waals surface area contributed by atoms with E-state index in [1.54, 1.807) is 12.1 Å². The number of piperazine rings is 1. The summed E-state index contributed by atoms with van der Waals surface area (Å²) in [5, 5.41) is 3.09. The number of rotatable bonds is 3. The largest absolute Gasteiger partial charge is 0.401 e. The lowest BCUT2D eigenvalue weighted by Crippen LogP contribution is -2.53. The van der Waals surface area contributed by atoms with Crippen LogP contribution in [0, 0.1) is 0 Å². The summed E-state index contributed by atoms with van der Waals surface area (Å²) in [6.07, 6.45) is -3.49. The molecule has 1 aliphatic rings. The van der Waals surface area contributed by atoms with E-state index < -0.39 is 12.7 Å². The Morgan fingerprint density at radius 3 is 2.20 bits per heavy atom.